The normalized spacial score (nSPS) is 12.4. The van der Waals surface area contributed by atoms with Gasteiger partial charge in [0.05, 0.1) is 6.20 Å². The first kappa shape index (κ1) is 14.5. The number of hydrogen-bond acceptors (Lipinski definition) is 4. The van der Waals surface area contributed by atoms with Crippen molar-refractivity contribution >= 4 is 0 Å². The molecule has 2 rings (SSSR count). The van der Waals surface area contributed by atoms with Gasteiger partial charge in [-0.3, -0.25) is 4.68 Å². The summed E-state index contributed by atoms with van der Waals surface area (Å²) in [4.78, 5) is 0. The fourth-order valence-corrected chi connectivity index (χ4v) is 2.14. The number of aromatic nitrogens is 3. The molecule has 0 spiro atoms. The Balaban J connectivity index is 2.02. The second kappa shape index (κ2) is 6.52. The van der Waals surface area contributed by atoms with Crippen molar-refractivity contribution in [1.29, 1.82) is 0 Å². The third-order valence-corrected chi connectivity index (χ3v) is 3.23. The maximum absolute atomic E-state index is 5.79. The second-order valence-corrected chi connectivity index (χ2v) is 4.98. The molecule has 1 aromatic heterocycles. The molecule has 0 radical (unpaired) electrons. The summed E-state index contributed by atoms with van der Waals surface area (Å²) >= 11 is 0. The van der Waals surface area contributed by atoms with Gasteiger partial charge in [0.1, 0.15) is 18.1 Å². The van der Waals surface area contributed by atoms with Gasteiger partial charge in [-0.15, -0.1) is 5.10 Å². The number of nitrogens with zero attached hydrogens (tertiary/aromatic N) is 3. The smallest absolute Gasteiger partial charge is 0.134 e. The molecule has 5 heteroatoms. The molecule has 0 bridgehead atoms. The van der Waals surface area contributed by atoms with Crippen LogP contribution in [0.5, 0.6) is 5.75 Å². The molecule has 0 aliphatic heterocycles. The molecule has 0 fully saturated rings. The van der Waals surface area contributed by atoms with Crippen LogP contribution in [0.1, 0.15) is 36.7 Å². The summed E-state index contributed by atoms with van der Waals surface area (Å²) in [5, 5.41) is 11.3. The van der Waals surface area contributed by atoms with Gasteiger partial charge in [0, 0.05) is 13.1 Å². The van der Waals surface area contributed by atoms with Crippen LogP contribution in [0.4, 0.5) is 0 Å². The number of rotatable bonds is 6. The monoisotopic (exact) mass is 274 g/mol. The Hall–Kier alpha value is -1.88. The minimum absolute atomic E-state index is 0.354. The van der Waals surface area contributed by atoms with Crippen molar-refractivity contribution < 1.29 is 4.74 Å². The first-order chi connectivity index (χ1) is 9.60. The summed E-state index contributed by atoms with van der Waals surface area (Å²) in [7, 11) is 1.85. The zero-order valence-electron chi connectivity index (χ0n) is 12.6. The van der Waals surface area contributed by atoms with Gasteiger partial charge >= 0.3 is 0 Å². The van der Waals surface area contributed by atoms with E-state index in [9.17, 15) is 0 Å². The summed E-state index contributed by atoms with van der Waals surface area (Å²) < 4.78 is 7.47. The van der Waals surface area contributed by atoms with Gasteiger partial charge in [-0.05, 0) is 37.6 Å². The summed E-state index contributed by atoms with van der Waals surface area (Å²) in [6.45, 7) is 7.75. The van der Waals surface area contributed by atoms with Crippen LogP contribution in [0.25, 0.3) is 0 Å². The van der Waals surface area contributed by atoms with Gasteiger partial charge in [0.15, 0.2) is 0 Å². The molecule has 0 aliphatic rings. The third-order valence-electron chi connectivity index (χ3n) is 3.23. The Morgan fingerprint density at radius 2 is 2.20 bits per heavy atom. The summed E-state index contributed by atoms with van der Waals surface area (Å²) in [5.74, 6) is 0.892. The SMILES string of the molecule is CCNC(C)c1ccc(OCc2cn(C)nn2)c(C)c1. The highest BCUT2D eigenvalue weighted by atomic mass is 16.5. The van der Waals surface area contributed by atoms with Crippen molar-refractivity contribution in [2.75, 3.05) is 6.54 Å². The summed E-state index contributed by atoms with van der Waals surface area (Å²) in [6, 6.07) is 6.65. The molecule has 0 saturated heterocycles. The first-order valence-corrected chi connectivity index (χ1v) is 6.92. The van der Waals surface area contributed by atoms with Crippen LogP contribution >= 0.6 is 0 Å². The molecule has 20 heavy (non-hydrogen) atoms. The van der Waals surface area contributed by atoms with Gasteiger partial charge in [0.25, 0.3) is 0 Å². The predicted molar refractivity (Wildman–Crippen MR) is 78.6 cm³/mol. The molecule has 0 aliphatic carbocycles. The van der Waals surface area contributed by atoms with E-state index >= 15 is 0 Å². The molecule has 1 N–H and O–H groups in total. The maximum atomic E-state index is 5.79. The van der Waals surface area contributed by atoms with Crippen LogP contribution in [0.15, 0.2) is 24.4 Å². The Labute approximate surface area is 120 Å². The average molecular weight is 274 g/mol. The van der Waals surface area contributed by atoms with Gasteiger partial charge < -0.3 is 10.1 Å². The lowest BCUT2D eigenvalue weighted by atomic mass is 10.1. The van der Waals surface area contributed by atoms with Crippen LogP contribution < -0.4 is 10.1 Å². The molecular formula is C15H22N4O. The molecular weight excluding hydrogens is 252 g/mol. The summed E-state index contributed by atoms with van der Waals surface area (Å²) in [5.41, 5.74) is 3.24. The molecule has 5 nitrogen and oxygen atoms in total. The van der Waals surface area contributed by atoms with Crippen molar-refractivity contribution in [2.24, 2.45) is 7.05 Å². The highest BCUT2D eigenvalue weighted by molar-refractivity contribution is 5.37. The highest BCUT2D eigenvalue weighted by Crippen LogP contribution is 2.23. The van der Waals surface area contributed by atoms with Crippen molar-refractivity contribution in [2.45, 2.75) is 33.4 Å². The Morgan fingerprint density at radius 1 is 1.40 bits per heavy atom. The topological polar surface area (TPSA) is 52.0 Å². The van der Waals surface area contributed by atoms with E-state index in [0.29, 0.717) is 12.6 Å². The van der Waals surface area contributed by atoms with Crippen molar-refractivity contribution in [3.05, 3.63) is 41.2 Å². The number of nitrogens with one attached hydrogen (secondary N) is 1. The van der Waals surface area contributed by atoms with Gasteiger partial charge in [-0.1, -0.05) is 24.3 Å². The molecule has 1 aromatic carbocycles. The van der Waals surface area contributed by atoms with E-state index in [1.807, 2.05) is 19.3 Å². The number of hydrogen-bond donors (Lipinski definition) is 1. The highest BCUT2D eigenvalue weighted by Gasteiger charge is 2.07. The third kappa shape index (κ3) is 3.57. The van der Waals surface area contributed by atoms with Crippen LogP contribution in [0.2, 0.25) is 0 Å². The lowest BCUT2D eigenvalue weighted by Crippen LogP contribution is -2.17. The van der Waals surface area contributed by atoms with E-state index in [1.54, 1.807) is 4.68 Å². The number of aryl methyl sites for hydroxylation is 2. The quantitative estimate of drug-likeness (QED) is 0.878. The van der Waals surface area contributed by atoms with E-state index in [4.69, 9.17) is 4.74 Å². The summed E-state index contributed by atoms with van der Waals surface area (Å²) in [6.07, 6.45) is 1.86. The van der Waals surface area contributed by atoms with Gasteiger partial charge in [-0.2, -0.15) is 0 Å². The van der Waals surface area contributed by atoms with Crippen LogP contribution in [0, 0.1) is 6.92 Å². The van der Waals surface area contributed by atoms with Gasteiger partial charge in [-0.25, -0.2) is 0 Å². The molecule has 1 unspecified atom stereocenters. The number of ether oxygens (including phenoxy) is 1. The molecule has 108 valence electrons. The fraction of sp³-hybridized carbons (Fsp3) is 0.467. The zero-order chi connectivity index (χ0) is 14.5. The lowest BCUT2D eigenvalue weighted by Gasteiger charge is -2.15. The average Bonchev–Trinajstić information content (AvgIpc) is 2.83. The van der Waals surface area contributed by atoms with Crippen LogP contribution in [0.3, 0.4) is 0 Å². The second-order valence-electron chi connectivity index (χ2n) is 4.98. The van der Waals surface area contributed by atoms with E-state index < -0.39 is 0 Å². The van der Waals surface area contributed by atoms with Crippen molar-refractivity contribution in [1.82, 2.24) is 20.3 Å². The molecule has 1 atom stereocenters. The minimum Gasteiger partial charge on any atom is -0.487 e. The van der Waals surface area contributed by atoms with E-state index in [1.165, 1.54) is 5.56 Å². The van der Waals surface area contributed by atoms with E-state index in [-0.39, 0.29) is 0 Å². The maximum Gasteiger partial charge on any atom is 0.134 e. The molecule has 0 saturated carbocycles. The molecule has 0 amide bonds. The van der Waals surface area contributed by atoms with E-state index in [0.717, 1.165) is 23.6 Å². The van der Waals surface area contributed by atoms with Crippen LogP contribution in [-0.2, 0) is 13.7 Å². The standard InChI is InChI=1S/C15H22N4O/c1-5-16-12(3)13-6-7-15(11(2)8-13)20-10-14-9-19(4)18-17-14/h6-9,12,16H,5,10H2,1-4H3. The zero-order valence-corrected chi connectivity index (χ0v) is 12.6. The predicted octanol–water partition coefficient (Wildman–Crippen LogP) is 2.37. The largest absolute Gasteiger partial charge is 0.487 e. The number of benzene rings is 1. The van der Waals surface area contributed by atoms with Crippen molar-refractivity contribution in [3.8, 4) is 5.75 Å². The first-order valence-electron chi connectivity index (χ1n) is 6.92. The molecule has 2 aromatic rings. The van der Waals surface area contributed by atoms with Gasteiger partial charge in [0.2, 0.25) is 0 Å². The van der Waals surface area contributed by atoms with Crippen molar-refractivity contribution in [3.63, 3.8) is 0 Å². The molecule has 1 heterocycles. The fourth-order valence-electron chi connectivity index (χ4n) is 2.14. The lowest BCUT2D eigenvalue weighted by molar-refractivity contribution is 0.299. The Morgan fingerprint density at radius 3 is 2.80 bits per heavy atom. The van der Waals surface area contributed by atoms with Crippen LogP contribution in [-0.4, -0.2) is 21.5 Å². The Bertz CT molecular complexity index is 565. The minimum atomic E-state index is 0.354. The Kier molecular flexibility index (Phi) is 4.74. The van der Waals surface area contributed by atoms with E-state index in [2.05, 4.69) is 48.5 Å².